The third-order valence-corrected chi connectivity index (χ3v) is 3.12. The molecule has 0 bridgehead atoms. The fourth-order valence-electron chi connectivity index (χ4n) is 2.25. The van der Waals surface area contributed by atoms with Crippen LogP contribution in [0.25, 0.3) is 0 Å². The van der Waals surface area contributed by atoms with Crippen molar-refractivity contribution in [3.05, 3.63) is 0 Å². The van der Waals surface area contributed by atoms with Crippen LogP contribution in [0.4, 0.5) is 0 Å². The lowest BCUT2D eigenvalue weighted by atomic mass is 10.1. The standard InChI is InChI=1S/C10H20N2/c1-3-12-6-8(2)11-10(7-12)9-4-5-9/h8-11H,3-7H2,1-2H3. The van der Waals surface area contributed by atoms with Crippen molar-refractivity contribution in [1.29, 1.82) is 0 Å². The van der Waals surface area contributed by atoms with Crippen molar-refractivity contribution < 1.29 is 0 Å². The molecule has 12 heavy (non-hydrogen) atoms. The molecule has 2 rings (SSSR count). The van der Waals surface area contributed by atoms with Crippen LogP contribution in [0.5, 0.6) is 0 Å². The van der Waals surface area contributed by atoms with E-state index in [1.807, 2.05) is 0 Å². The molecular weight excluding hydrogens is 148 g/mol. The summed E-state index contributed by atoms with van der Waals surface area (Å²) in [5, 5.41) is 3.70. The van der Waals surface area contributed by atoms with Crippen molar-refractivity contribution in [2.24, 2.45) is 5.92 Å². The molecule has 0 amide bonds. The van der Waals surface area contributed by atoms with Crippen LogP contribution in [0, 0.1) is 5.92 Å². The highest BCUT2D eigenvalue weighted by molar-refractivity contribution is 4.93. The van der Waals surface area contributed by atoms with E-state index >= 15 is 0 Å². The molecule has 2 atom stereocenters. The predicted molar refractivity (Wildman–Crippen MR) is 51.2 cm³/mol. The lowest BCUT2D eigenvalue weighted by molar-refractivity contribution is 0.163. The van der Waals surface area contributed by atoms with Crippen LogP contribution in [-0.4, -0.2) is 36.6 Å². The Kier molecular flexibility index (Phi) is 2.37. The van der Waals surface area contributed by atoms with Crippen LogP contribution in [-0.2, 0) is 0 Å². The van der Waals surface area contributed by atoms with Gasteiger partial charge in [-0.3, -0.25) is 0 Å². The Morgan fingerprint density at radius 3 is 2.67 bits per heavy atom. The van der Waals surface area contributed by atoms with Gasteiger partial charge in [-0.15, -0.1) is 0 Å². The van der Waals surface area contributed by atoms with E-state index in [0.717, 1.165) is 12.0 Å². The van der Waals surface area contributed by atoms with Gasteiger partial charge >= 0.3 is 0 Å². The summed E-state index contributed by atoms with van der Waals surface area (Å²) in [5.74, 6) is 1.00. The van der Waals surface area contributed by atoms with Gasteiger partial charge in [0, 0.05) is 25.2 Å². The van der Waals surface area contributed by atoms with E-state index in [-0.39, 0.29) is 0 Å². The minimum absolute atomic E-state index is 0.698. The number of likely N-dealkylation sites (N-methyl/N-ethyl adjacent to an activating group) is 1. The molecule has 1 saturated heterocycles. The van der Waals surface area contributed by atoms with Gasteiger partial charge in [-0.2, -0.15) is 0 Å². The first-order valence-corrected chi connectivity index (χ1v) is 5.28. The van der Waals surface area contributed by atoms with Gasteiger partial charge in [0.15, 0.2) is 0 Å². The molecule has 2 nitrogen and oxygen atoms in total. The number of hydrogen-bond acceptors (Lipinski definition) is 2. The number of piperazine rings is 1. The van der Waals surface area contributed by atoms with Crippen molar-refractivity contribution in [3.63, 3.8) is 0 Å². The molecule has 1 saturated carbocycles. The van der Waals surface area contributed by atoms with Crippen LogP contribution in [0.15, 0.2) is 0 Å². The average molecular weight is 168 g/mol. The van der Waals surface area contributed by atoms with Gasteiger partial charge in [0.05, 0.1) is 0 Å². The lowest BCUT2D eigenvalue weighted by Gasteiger charge is -2.37. The fourth-order valence-corrected chi connectivity index (χ4v) is 2.25. The molecule has 0 aromatic heterocycles. The molecule has 2 unspecified atom stereocenters. The molecule has 0 aromatic carbocycles. The third kappa shape index (κ3) is 1.80. The normalized spacial score (nSPS) is 38.5. The van der Waals surface area contributed by atoms with Crippen molar-refractivity contribution >= 4 is 0 Å². The van der Waals surface area contributed by atoms with E-state index in [1.54, 1.807) is 0 Å². The van der Waals surface area contributed by atoms with Crippen molar-refractivity contribution in [3.8, 4) is 0 Å². The van der Waals surface area contributed by atoms with Gasteiger partial charge < -0.3 is 10.2 Å². The molecule has 1 aliphatic heterocycles. The zero-order valence-corrected chi connectivity index (χ0v) is 8.21. The second-order valence-corrected chi connectivity index (χ2v) is 4.36. The summed E-state index contributed by atoms with van der Waals surface area (Å²) in [6.45, 7) is 8.31. The zero-order chi connectivity index (χ0) is 8.55. The first-order chi connectivity index (χ1) is 5.79. The summed E-state index contributed by atoms with van der Waals surface area (Å²) in [6, 6.07) is 1.50. The molecule has 1 aliphatic carbocycles. The van der Waals surface area contributed by atoms with E-state index in [1.165, 1.54) is 32.5 Å². The highest BCUT2D eigenvalue weighted by atomic mass is 15.2. The molecule has 0 spiro atoms. The van der Waals surface area contributed by atoms with E-state index in [4.69, 9.17) is 0 Å². The molecule has 2 heteroatoms. The third-order valence-electron chi connectivity index (χ3n) is 3.12. The molecule has 0 radical (unpaired) electrons. The van der Waals surface area contributed by atoms with E-state index in [9.17, 15) is 0 Å². The minimum Gasteiger partial charge on any atom is -0.309 e. The summed E-state index contributed by atoms with van der Waals surface area (Å²) < 4.78 is 0. The summed E-state index contributed by atoms with van der Waals surface area (Å²) in [4.78, 5) is 2.57. The molecule has 70 valence electrons. The van der Waals surface area contributed by atoms with Gasteiger partial charge in [0.2, 0.25) is 0 Å². The number of nitrogens with zero attached hydrogens (tertiary/aromatic N) is 1. The van der Waals surface area contributed by atoms with Gasteiger partial charge in [-0.05, 0) is 32.2 Å². The maximum Gasteiger partial charge on any atom is 0.0226 e. The van der Waals surface area contributed by atoms with Crippen molar-refractivity contribution in [1.82, 2.24) is 10.2 Å². The highest BCUT2D eigenvalue weighted by Gasteiger charge is 2.35. The van der Waals surface area contributed by atoms with Crippen LogP contribution < -0.4 is 5.32 Å². The highest BCUT2D eigenvalue weighted by Crippen LogP contribution is 2.34. The Bertz CT molecular complexity index is 154. The Hall–Kier alpha value is -0.0800. The SMILES string of the molecule is CCN1CC(C)NC(C2CC2)C1. The number of nitrogens with one attached hydrogen (secondary N) is 1. The Labute approximate surface area is 75.3 Å². The molecule has 2 fully saturated rings. The van der Waals surface area contributed by atoms with Crippen LogP contribution >= 0.6 is 0 Å². The molecule has 0 aromatic rings. The average Bonchev–Trinajstić information content (AvgIpc) is 2.85. The maximum absolute atomic E-state index is 3.70. The Balaban J connectivity index is 1.88. The minimum atomic E-state index is 0.698. The molecule has 1 heterocycles. The second-order valence-electron chi connectivity index (χ2n) is 4.36. The monoisotopic (exact) mass is 168 g/mol. The van der Waals surface area contributed by atoms with Gasteiger partial charge in [-0.1, -0.05) is 6.92 Å². The topological polar surface area (TPSA) is 15.3 Å². The van der Waals surface area contributed by atoms with Crippen LogP contribution in [0.1, 0.15) is 26.7 Å². The quantitative estimate of drug-likeness (QED) is 0.663. The number of hydrogen-bond donors (Lipinski definition) is 1. The first kappa shape index (κ1) is 8.52. The maximum atomic E-state index is 3.70. The van der Waals surface area contributed by atoms with Crippen molar-refractivity contribution in [2.75, 3.05) is 19.6 Å². The molecular formula is C10H20N2. The summed E-state index contributed by atoms with van der Waals surface area (Å²) in [5.41, 5.74) is 0. The van der Waals surface area contributed by atoms with E-state index in [0.29, 0.717) is 6.04 Å². The largest absolute Gasteiger partial charge is 0.309 e. The van der Waals surface area contributed by atoms with Gasteiger partial charge in [0.25, 0.3) is 0 Å². The molecule has 2 aliphatic rings. The van der Waals surface area contributed by atoms with Crippen LogP contribution in [0.3, 0.4) is 0 Å². The van der Waals surface area contributed by atoms with E-state index in [2.05, 4.69) is 24.1 Å². The Morgan fingerprint density at radius 1 is 1.33 bits per heavy atom. The molecule has 1 N–H and O–H groups in total. The van der Waals surface area contributed by atoms with Crippen LogP contribution in [0.2, 0.25) is 0 Å². The first-order valence-electron chi connectivity index (χ1n) is 5.28. The summed E-state index contributed by atoms with van der Waals surface area (Å²) in [7, 11) is 0. The summed E-state index contributed by atoms with van der Waals surface area (Å²) >= 11 is 0. The van der Waals surface area contributed by atoms with Crippen molar-refractivity contribution in [2.45, 2.75) is 38.8 Å². The lowest BCUT2D eigenvalue weighted by Crippen LogP contribution is -2.56. The second kappa shape index (κ2) is 3.35. The Morgan fingerprint density at radius 2 is 2.08 bits per heavy atom. The summed E-state index contributed by atoms with van der Waals surface area (Å²) in [6.07, 6.45) is 2.92. The fraction of sp³-hybridized carbons (Fsp3) is 1.00. The number of rotatable bonds is 2. The zero-order valence-electron chi connectivity index (χ0n) is 8.21. The smallest absolute Gasteiger partial charge is 0.0226 e. The predicted octanol–water partition coefficient (Wildman–Crippen LogP) is 1.08. The van der Waals surface area contributed by atoms with Gasteiger partial charge in [-0.25, -0.2) is 0 Å². The van der Waals surface area contributed by atoms with E-state index < -0.39 is 0 Å². The van der Waals surface area contributed by atoms with Gasteiger partial charge in [0.1, 0.15) is 0 Å².